The average Bonchev–Trinajstić information content (AvgIpc) is 2.88. The first-order chi connectivity index (χ1) is 19.1. The lowest BCUT2D eigenvalue weighted by atomic mass is 9.95. The highest BCUT2D eigenvalue weighted by Crippen LogP contribution is 2.22. The van der Waals surface area contributed by atoms with Crippen molar-refractivity contribution in [2.24, 2.45) is 16.5 Å². The highest BCUT2D eigenvalue weighted by atomic mass is 35.5. The molecule has 0 aromatic rings. The molecule has 0 aliphatic heterocycles. The van der Waals surface area contributed by atoms with Gasteiger partial charge < -0.3 is 41.9 Å². The molecule has 0 fully saturated rings. The largest absolute Gasteiger partial charge is 0.481 e. The number of rotatable bonds is 22. The summed E-state index contributed by atoms with van der Waals surface area (Å²) in [5.41, 5.74) is 7.53. The predicted octanol–water partition coefficient (Wildman–Crippen LogP) is 2.23. The molecule has 0 heterocycles. The SMILES string of the molecule is CCCCCCCCCCCC(=O)N(CC)C(CCCN=C(N)N)C(=O)O.O=C(O)CC(O)(C(=O)O)C(Cl)C(=O)O. The quantitative estimate of drug-likeness (QED) is 0.0403. The molecule has 0 aliphatic carbocycles. The highest BCUT2D eigenvalue weighted by molar-refractivity contribution is 6.32. The Labute approximate surface area is 245 Å². The summed E-state index contributed by atoms with van der Waals surface area (Å²) in [7, 11) is 0. The molecule has 0 bridgehead atoms. The molecule has 3 atom stereocenters. The lowest BCUT2D eigenvalue weighted by molar-refractivity contribution is -0.169. The number of aliphatic hydroxyl groups is 1. The van der Waals surface area contributed by atoms with Crippen LogP contribution in [0.2, 0.25) is 0 Å². The van der Waals surface area contributed by atoms with Crippen molar-refractivity contribution in [3.8, 4) is 0 Å². The number of aliphatic carboxylic acids is 4. The molecule has 1 amide bonds. The van der Waals surface area contributed by atoms with E-state index in [1.807, 2.05) is 6.92 Å². The lowest BCUT2D eigenvalue weighted by Gasteiger charge is -2.28. The summed E-state index contributed by atoms with van der Waals surface area (Å²) in [5, 5.41) is 41.5. The molecule has 0 aliphatic rings. The molecule has 3 unspecified atom stereocenters. The van der Waals surface area contributed by atoms with E-state index in [0.717, 1.165) is 19.3 Å². The van der Waals surface area contributed by atoms with E-state index in [1.165, 1.54) is 43.4 Å². The smallest absolute Gasteiger partial charge is 0.338 e. The van der Waals surface area contributed by atoms with E-state index in [4.69, 9.17) is 38.4 Å². The molecule has 9 N–H and O–H groups in total. The van der Waals surface area contributed by atoms with Crippen LogP contribution >= 0.6 is 11.6 Å². The van der Waals surface area contributed by atoms with Crippen molar-refractivity contribution >= 4 is 47.3 Å². The van der Waals surface area contributed by atoms with Crippen molar-refractivity contribution in [2.45, 2.75) is 114 Å². The van der Waals surface area contributed by atoms with Gasteiger partial charge in [0.25, 0.3) is 0 Å². The molecule has 0 rings (SSSR count). The number of carbonyl (C=O) groups is 5. The van der Waals surface area contributed by atoms with Gasteiger partial charge in [-0.15, -0.1) is 11.6 Å². The molecule has 41 heavy (non-hydrogen) atoms. The van der Waals surface area contributed by atoms with Gasteiger partial charge in [0.15, 0.2) is 16.9 Å². The Hall–Kier alpha value is -3.13. The number of hydrogen-bond donors (Lipinski definition) is 7. The van der Waals surface area contributed by atoms with Crippen LogP contribution in [0, 0.1) is 0 Å². The Bertz CT molecular complexity index is 854. The molecule has 0 aromatic heterocycles. The predicted molar refractivity (Wildman–Crippen MR) is 153 cm³/mol. The van der Waals surface area contributed by atoms with Gasteiger partial charge in [-0.05, 0) is 26.2 Å². The Morgan fingerprint density at radius 1 is 0.829 bits per heavy atom. The van der Waals surface area contributed by atoms with E-state index in [2.05, 4.69) is 11.9 Å². The van der Waals surface area contributed by atoms with Crippen molar-refractivity contribution in [1.29, 1.82) is 0 Å². The van der Waals surface area contributed by atoms with Crippen LogP contribution in [0.5, 0.6) is 0 Å². The van der Waals surface area contributed by atoms with Gasteiger partial charge in [0, 0.05) is 19.5 Å². The molecule has 0 spiro atoms. The minimum atomic E-state index is -3.01. The molecule has 14 nitrogen and oxygen atoms in total. The van der Waals surface area contributed by atoms with E-state index in [1.54, 1.807) is 0 Å². The maximum absolute atomic E-state index is 12.5. The third-order valence-corrected chi connectivity index (χ3v) is 6.72. The second-order valence-corrected chi connectivity index (χ2v) is 10.00. The van der Waals surface area contributed by atoms with Crippen molar-refractivity contribution in [2.75, 3.05) is 13.1 Å². The third kappa shape index (κ3) is 18.0. The van der Waals surface area contributed by atoms with Gasteiger partial charge in [0.2, 0.25) is 5.91 Å². The molecule has 0 saturated heterocycles. The van der Waals surface area contributed by atoms with Crippen molar-refractivity contribution in [3.05, 3.63) is 0 Å². The van der Waals surface area contributed by atoms with Gasteiger partial charge in [-0.1, -0.05) is 58.3 Å². The summed E-state index contributed by atoms with van der Waals surface area (Å²) in [5.74, 6) is -6.52. The van der Waals surface area contributed by atoms with Crippen LogP contribution in [0.3, 0.4) is 0 Å². The minimum absolute atomic E-state index is 0.00402. The molecule has 0 aromatic carbocycles. The number of nitrogens with zero attached hydrogens (tertiary/aromatic N) is 2. The van der Waals surface area contributed by atoms with Crippen molar-refractivity contribution < 1.29 is 49.5 Å². The number of likely N-dealkylation sites (N-methyl/N-ethyl adjacent to an activating group) is 1. The number of hydrogen-bond acceptors (Lipinski definition) is 7. The van der Waals surface area contributed by atoms with Crippen molar-refractivity contribution in [3.63, 3.8) is 0 Å². The summed E-state index contributed by atoms with van der Waals surface area (Å²) in [6, 6.07) is -0.810. The zero-order valence-electron chi connectivity index (χ0n) is 24.0. The number of carboxylic acids is 4. The molecule has 15 heteroatoms. The summed E-state index contributed by atoms with van der Waals surface area (Å²) in [4.78, 5) is 60.3. The average molecular weight is 611 g/mol. The fraction of sp³-hybridized carbons (Fsp3) is 0.769. The fourth-order valence-corrected chi connectivity index (χ4v) is 4.09. The third-order valence-electron chi connectivity index (χ3n) is 6.17. The standard InChI is InChI=1S/C20H40N4O3.C6H7ClO7/c1-3-5-6-7-8-9-10-11-12-15-18(25)24(4-2)17(19(26)27)14-13-16-23-20(21)22;7-3(4(10)11)6(14,5(12)13)1-2(8)9/h17H,3-16H2,1-2H3,(H,26,27)(H4,21,22,23);3,14H,1H2,(H,8,9)(H,10,11)(H,12,13). The van der Waals surface area contributed by atoms with Gasteiger partial charge in [-0.3, -0.25) is 19.4 Å². The van der Waals surface area contributed by atoms with Gasteiger partial charge in [-0.25, -0.2) is 9.59 Å². The van der Waals surface area contributed by atoms with Crippen LogP contribution in [0.4, 0.5) is 0 Å². The molecule has 238 valence electrons. The van der Waals surface area contributed by atoms with Crippen molar-refractivity contribution in [1.82, 2.24) is 4.90 Å². The number of unbranched alkanes of at least 4 members (excludes halogenated alkanes) is 8. The first-order valence-electron chi connectivity index (χ1n) is 13.8. The van der Waals surface area contributed by atoms with Gasteiger partial charge in [0.1, 0.15) is 6.04 Å². The fourth-order valence-electron chi connectivity index (χ4n) is 3.91. The van der Waals surface area contributed by atoms with Crippen LogP contribution in [-0.4, -0.2) is 96.3 Å². The second-order valence-electron chi connectivity index (χ2n) is 9.56. The number of halogens is 1. The number of guanidine groups is 1. The Kier molecular flexibility index (Phi) is 22.0. The van der Waals surface area contributed by atoms with E-state index < -0.39 is 47.3 Å². The number of alkyl halides is 1. The first kappa shape index (κ1) is 40.0. The molecule has 0 saturated carbocycles. The van der Waals surface area contributed by atoms with Crippen LogP contribution < -0.4 is 11.5 Å². The number of carboxylic acid groups (broad SMARTS) is 4. The topological polar surface area (TPSA) is 254 Å². The summed E-state index contributed by atoms with van der Waals surface area (Å²) >= 11 is 5.07. The van der Waals surface area contributed by atoms with Crippen LogP contribution in [0.15, 0.2) is 4.99 Å². The lowest BCUT2D eigenvalue weighted by Crippen LogP contribution is -2.51. The number of carbonyl (C=O) groups excluding carboxylic acids is 1. The first-order valence-corrected chi connectivity index (χ1v) is 14.2. The Morgan fingerprint density at radius 3 is 1.73 bits per heavy atom. The van der Waals surface area contributed by atoms with Gasteiger partial charge in [-0.2, -0.15) is 0 Å². The molecular weight excluding hydrogens is 564 g/mol. The zero-order chi connectivity index (χ0) is 32.0. The van der Waals surface area contributed by atoms with E-state index in [9.17, 15) is 34.2 Å². The van der Waals surface area contributed by atoms with Crippen LogP contribution in [0.25, 0.3) is 0 Å². The monoisotopic (exact) mass is 610 g/mol. The Balaban J connectivity index is 0. The molecular formula is C26H47ClN4O10. The summed E-state index contributed by atoms with van der Waals surface area (Å²) in [6.07, 6.45) is 10.7. The van der Waals surface area contributed by atoms with Crippen LogP contribution in [0.1, 0.15) is 97.3 Å². The van der Waals surface area contributed by atoms with Crippen LogP contribution in [-0.2, 0) is 24.0 Å². The van der Waals surface area contributed by atoms with E-state index in [-0.39, 0.29) is 11.9 Å². The maximum Gasteiger partial charge on any atom is 0.338 e. The normalized spacial score (nSPS) is 13.5. The highest BCUT2D eigenvalue weighted by Gasteiger charge is 2.49. The second kappa shape index (κ2) is 22.5. The summed E-state index contributed by atoms with van der Waals surface area (Å²) < 4.78 is 0. The number of nitrogens with two attached hydrogens (primary N) is 2. The summed E-state index contributed by atoms with van der Waals surface area (Å²) in [6.45, 7) is 4.81. The van der Waals surface area contributed by atoms with E-state index in [0.29, 0.717) is 32.4 Å². The maximum atomic E-state index is 12.5. The van der Waals surface area contributed by atoms with Gasteiger partial charge >= 0.3 is 23.9 Å². The number of aliphatic imine (C=N–C) groups is 1. The number of amides is 1. The minimum Gasteiger partial charge on any atom is -0.481 e. The zero-order valence-corrected chi connectivity index (χ0v) is 24.7. The van der Waals surface area contributed by atoms with Gasteiger partial charge in [0.05, 0.1) is 6.42 Å². The Morgan fingerprint density at radius 2 is 1.34 bits per heavy atom. The molecule has 0 radical (unpaired) electrons. The van der Waals surface area contributed by atoms with E-state index >= 15 is 0 Å².